The van der Waals surface area contributed by atoms with Crippen LogP contribution in [0.1, 0.15) is 32.3 Å². The predicted octanol–water partition coefficient (Wildman–Crippen LogP) is 3.81. The highest BCUT2D eigenvalue weighted by atomic mass is 35.5. The SMILES string of the molecule is CCCNCC(CC)Oc1cc(Cl)ccc1C. The van der Waals surface area contributed by atoms with Gasteiger partial charge in [0.2, 0.25) is 0 Å². The molecular weight excluding hydrogens is 234 g/mol. The van der Waals surface area contributed by atoms with Gasteiger partial charge >= 0.3 is 0 Å². The summed E-state index contributed by atoms with van der Waals surface area (Å²) >= 11 is 5.97. The Balaban J connectivity index is 2.57. The molecule has 0 fully saturated rings. The van der Waals surface area contributed by atoms with Gasteiger partial charge in [0.05, 0.1) is 0 Å². The molecular formula is C14H22ClNO. The Kier molecular flexibility index (Phi) is 6.38. The first-order chi connectivity index (χ1) is 8.17. The first kappa shape index (κ1) is 14.3. The summed E-state index contributed by atoms with van der Waals surface area (Å²) in [6, 6.07) is 5.77. The molecule has 0 spiro atoms. The zero-order chi connectivity index (χ0) is 12.7. The molecule has 0 aliphatic heterocycles. The molecule has 0 aliphatic rings. The van der Waals surface area contributed by atoms with Crippen molar-refractivity contribution in [2.45, 2.75) is 39.7 Å². The molecule has 1 atom stereocenters. The van der Waals surface area contributed by atoms with E-state index in [9.17, 15) is 0 Å². The van der Waals surface area contributed by atoms with Gasteiger partial charge in [0.25, 0.3) is 0 Å². The average Bonchev–Trinajstić information content (AvgIpc) is 2.32. The third-order valence-corrected chi connectivity index (χ3v) is 2.93. The molecule has 0 radical (unpaired) electrons. The van der Waals surface area contributed by atoms with E-state index in [4.69, 9.17) is 16.3 Å². The Bertz CT molecular complexity index is 341. The highest BCUT2D eigenvalue weighted by Gasteiger charge is 2.09. The number of hydrogen-bond acceptors (Lipinski definition) is 2. The van der Waals surface area contributed by atoms with Crippen molar-refractivity contribution in [2.75, 3.05) is 13.1 Å². The Hall–Kier alpha value is -0.730. The van der Waals surface area contributed by atoms with Crippen LogP contribution in [0.4, 0.5) is 0 Å². The molecule has 0 amide bonds. The van der Waals surface area contributed by atoms with Gasteiger partial charge in [0.1, 0.15) is 11.9 Å². The third-order valence-electron chi connectivity index (χ3n) is 2.70. The van der Waals surface area contributed by atoms with E-state index in [0.29, 0.717) is 0 Å². The largest absolute Gasteiger partial charge is 0.489 e. The molecule has 1 N–H and O–H groups in total. The second-order valence-electron chi connectivity index (χ2n) is 4.26. The van der Waals surface area contributed by atoms with Crippen LogP contribution in [0.2, 0.25) is 5.02 Å². The van der Waals surface area contributed by atoms with Gasteiger partial charge < -0.3 is 10.1 Å². The monoisotopic (exact) mass is 255 g/mol. The van der Waals surface area contributed by atoms with Crippen molar-refractivity contribution in [2.24, 2.45) is 0 Å². The van der Waals surface area contributed by atoms with Crippen molar-refractivity contribution in [1.82, 2.24) is 5.32 Å². The smallest absolute Gasteiger partial charge is 0.124 e. The van der Waals surface area contributed by atoms with Gasteiger partial charge in [-0.2, -0.15) is 0 Å². The van der Waals surface area contributed by atoms with E-state index >= 15 is 0 Å². The molecule has 1 aromatic carbocycles. The molecule has 0 bridgehead atoms. The van der Waals surface area contributed by atoms with Gasteiger partial charge in [-0.05, 0) is 44.0 Å². The molecule has 0 aliphatic carbocycles. The summed E-state index contributed by atoms with van der Waals surface area (Å²) in [5, 5.41) is 4.11. The van der Waals surface area contributed by atoms with Crippen LogP contribution < -0.4 is 10.1 Å². The van der Waals surface area contributed by atoms with Crippen LogP contribution in [0, 0.1) is 6.92 Å². The van der Waals surface area contributed by atoms with E-state index < -0.39 is 0 Å². The number of aryl methyl sites for hydroxylation is 1. The maximum atomic E-state index is 5.97. The maximum Gasteiger partial charge on any atom is 0.124 e. The third kappa shape index (κ3) is 4.97. The van der Waals surface area contributed by atoms with Crippen molar-refractivity contribution in [1.29, 1.82) is 0 Å². The minimum Gasteiger partial charge on any atom is -0.489 e. The number of benzene rings is 1. The predicted molar refractivity (Wildman–Crippen MR) is 74.1 cm³/mol. The van der Waals surface area contributed by atoms with Gasteiger partial charge in [-0.25, -0.2) is 0 Å². The first-order valence-corrected chi connectivity index (χ1v) is 6.68. The van der Waals surface area contributed by atoms with E-state index in [0.717, 1.165) is 42.3 Å². The van der Waals surface area contributed by atoms with E-state index in [1.807, 2.05) is 25.1 Å². The summed E-state index contributed by atoms with van der Waals surface area (Å²) < 4.78 is 5.97. The fourth-order valence-electron chi connectivity index (χ4n) is 1.59. The molecule has 2 nitrogen and oxygen atoms in total. The lowest BCUT2D eigenvalue weighted by atomic mass is 10.2. The molecule has 1 aromatic rings. The summed E-state index contributed by atoms with van der Waals surface area (Å²) in [4.78, 5) is 0. The molecule has 1 rings (SSSR count). The fraction of sp³-hybridized carbons (Fsp3) is 0.571. The standard InChI is InChI=1S/C14H22ClNO/c1-4-8-16-10-13(5-2)17-14-9-12(15)7-6-11(14)3/h6-7,9,13,16H,4-5,8,10H2,1-3H3. The molecule has 96 valence electrons. The van der Waals surface area contributed by atoms with Crippen LogP contribution in [-0.2, 0) is 0 Å². The lowest BCUT2D eigenvalue weighted by Crippen LogP contribution is -2.31. The maximum absolute atomic E-state index is 5.97. The highest BCUT2D eigenvalue weighted by Crippen LogP contribution is 2.23. The summed E-state index contributed by atoms with van der Waals surface area (Å²) in [5.74, 6) is 0.891. The van der Waals surface area contributed by atoms with Gasteiger partial charge in [-0.1, -0.05) is 31.5 Å². The number of rotatable bonds is 7. The summed E-state index contributed by atoms with van der Waals surface area (Å²) in [7, 11) is 0. The van der Waals surface area contributed by atoms with E-state index in [-0.39, 0.29) is 6.10 Å². The van der Waals surface area contributed by atoms with Crippen LogP contribution in [0.3, 0.4) is 0 Å². The van der Waals surface area contributed by atoms with Gasteiger partial charge in [0, 0.05) is 11.6 Å². The van der Waals surface area contributed by atoms with Crippen molar-refractivity contribution >= 4 is 11.6 Å². The molecule has 0 saturated carbocycles. The zero-order valence-corrected chi connectivity index (χ0v) is 11.7. The second-order valence-corrected chi connectivity index (χ2v) is 4.70. The topological polar surface area (TPSA) is 21.3 Å². The minimum absolute atomic E-state index is 0.207. The van der Waals surface area contributed by atoms with E-state index in [2.05, 4.69) is 19.2 Å². The van der Waals surface area contributed by atoms with Gasteiger partial charge in [-0.15, -0.1) is 0 Å². The highest BCUT2D eigenvalue weighted by molar-refractivity contribution is 6.30. The molecule has 1 unspecified atom stereocenters. The van der Waals surface area contributed by atoms with E-state index in [1.54, 1.807) is 0 Å². The minimum atomic E-state index is 0.207. The van der Waals surface area contributed by atoms with Crippen molar-refractivity contribution in [3.8, 4) is 5.75 Å². The van der Waals surface area contributed by atoms with Crippen LogP contribution in [0.15, 0.2) is 18.2 Å². The Morgan fingerprint density at radius 3 is 2.76 bits per heavy atom. The number of ether oxygens (including phenoxy) is 1. The molecule has 3 heteroatoms. The Morgan fingerprint density at radius 2 is 2.12 bits per heavy atom. The normalized spacial score (nSPS) is 12.5. The molecule has 0 saturated heterocycles. The quantitative estimate of drug-likeness (QED) is 0.749. The molecule has 17 heavy (non-hydrogen) atoms. The summed E-state index contributed by atoms with van der Waals surface area (Å²) in [5.41, 5.74) is 1.13. The zero-order valence-electron chi connectivity index (χ0n) is 10.9. The van der Waals surface area contributed by atoms with Crippen LogP contribution in [0.25, 0.3) is 0 Å². The van der Waals surface area contributed by atoms with Gasteiger partial charge in [-0.3, -0.25) is 0 Å². The molecule has 0 aromatic heterocycles. The van der Waals surface area contributed by atoms with Crippen molar-refractivity contribution < 1.29 is 4.74 Å². The van der Waals surface area contributed by atoms with Crippen LogP contribution in [-0.4, -0.2) is 19.2 Å². The van der Waals surface area contributed by atoms with Crippen LogP contribution in [0.5, 0.6) is 5.75 Å². The lowest BCUT2D eigenvalue weighted by Gasteiger charge is -2.19. The van der Waals surface area contributed by atoms with Crippen molar-refractivity contribution in [3.05, 3.63) is 28.8 Å². The summed E-state index contributed by atoms with van der Waals surface area (Å²) in [6.45, 7) is 8.26. The van der Waals surface area contributed by atoms with E-state index in [1.165, 1.54) is 0 Å². The number of hydrogen-bond donors (Lipinski definition) is 1. The first-order valence-electron chi connectivity index (χ1n) is 6.30. The van der Waals surface area contributed by atoms with Gasteiger partial charge in [0.15, 0.2) is 0 Å². The number of nitrogens with one attached hydrogen (secondary N) is 1. The fourth-order valence-corrected chi connectivity index (χ4v) is 1.75. The Labute approximate surface area is 109 Å². The number of halogens is 1. The van der Waals surface area contributed by atoms with Crippen molar-refractivity contribution in [3.63, 3.8) is 0 Å². The second kappa shape index (κ2) is 7.57. The summed E-state index contributed by atoms with van der Waals surface area (Å²) in [6.07, 6.45) is 2.34. The molecule has 0 heterocycles. The van der Waals surface area contributed by atoms with Crippen LogP contribution >= 0.6 is 11.6 Å². The average molecular weight is 256 g/mol. The lowest BCUT2D eigenvalue weighted by molar-refractivity contribution is 0.192. The Morgan fingerprint density at radius 1 is 1.35 bits per heavy atom.